The predicted octanol–water partition coefficient (Wildman–Crippen LogP) is 2.58. The summed E-state index contributed by atoms with van der Waals surface area (Å²) in [4.78, 5) is 42.3. The number of nitrogen functional groups attached to an aromatic ring is 1. The van der Waals surface area contributed by atoms with E-state index in [9.17, 15) is 14.4 Å². The van der Waals surface area contributed by atoms with Crippen molar-refractivity contribution in [1.82, 2.24) is 9.55 Å². The first-order valence-corrected chi connectivity index (χ1v) is 11.3. The van der Waals surface area contributed by atoms with Crippen molar-refractivity contribution in [2.24, 2.45) is 0 Å². The molecule has 0 unspecified atom stereocenters. The summed E-state index contributed by atoms with van der Waals surface area (Å²) in [5.41, 5.74) is 6.46. The second-order valence-electron chi connectivity index (χ2n) is 7.95. The van der Waals surface area contributed by atoms with Gasteiger partial charge in [-0.25, -0.2) is 4.79 Å². The average Bonchev–Trinajstić information content (AvgIpc) is 2.84. The van der Waals surface area contributed by atoms with Gasteiger partial charge in [-0.05, 0) is 24.1 Å². The predicted molar refractivity (Wildman–Crippen MR) is 136 cm³/mol. The summed E-state index contributed by atoms with van der Waals surface area (Å²) in [5, 5.41) is 2.81. The van der Waals surface area contributed by atoms with E-state index in [1.165, 1.54) is 18.8 Å². The minimum absolute atomic E-state index is 0.0230. The number of aromatic amines is 1. The first-order valence-electron chi connectivity index (χ1n) is 11.3. The molecule has 3 aromatic rings. The molecule has 1 aromatic heterocycles. The van der Waals surface area contributed by atoms with E-state index in [0.717, 1.165) is 12.0 Å². The number of H-pyrrole nitrogens is 1. The van der Waals surface area contributed by atoms with Gasteiger partial charge in [0.15, 0.2) is 0 Å². The van der Waals surface area contributed by atoms with Crippen molar-refractivity contribution in [3.8, 4) is 11.5 Å². The smallest absolute Gasteiger partial charge is 0.330 e. The molecule has 0 saturated carbocycles. The number of rotatable bonds is 11. The fraction of sp³-hybridized carbons (Fsp3) is 0.320. The van der Waals surface area contributed by atoms with E-state index < -0.39 is 17.2 Å². The zero-order valence-electron chi connectivity index (χ0n) is 20.2. The Kier molecular flexibility index (Phi) is 8.55. The van der Waals surface area contributed by atoms with Gasteiger partial charge in [0.2, 0.25) is 5.91 Å². The number of carbonyl (C=O) groups excluding carboxylic acids is 1. The van der Waals surface area contributed by atoms with Gasteiger partial charge >= 0.3 is 5.69 Å². The fourth-order valence-electron chi connectivity index (χ4n) is 3.71. The van der Waals surface area contributed by atoms with Crippen molar-refractivity contribution >= 4 is 23.1 Å². The summed E-state index contributed by atoms with van der Waals surface area (Å²) in [6.45, 7) is 2.38. The van der Waals surface area contributed by atoms with Gasteiger partial charge in [0.1, 0.15) is 23.0 Å². The van der Waals surface area contributed by atoms with Crippen LogP contribution >= 0.6 is 0 Å². The van der Waals surface area contributed by atoms with Crippen molar-refractivity contribution in [2.75, 3.05) is 36.7 Å². The van der Waals surface area contributed by atoms with Crippen LogP contribution in [0.4, 0.5) is 17.2 Å². The molecule has 1 heterocycles. The number of anilines is 3. The van der Waals surface area contributed by atoms with Gasteiger partial charge in [-0.15, -0.1) is 0 Å². The standard InChI is InChI=1S/C25H31N5O5/c1-4-5-13-30-23(26)22(24(32)28-25(30)33)29(15-17-9-7-6-8-10-17)16-21(31)27-19-14-18(34-2)11-12-20(19)35-3/h6-12,14H,4-5,13,15-16,26H2,1-3H3,(H,27,31)(H,28,32,33). The van der Waals surface area contributed by atoms with Gasteiger partial charge in [-0.1, -0.05) is 43.7 Å². The number of aromatic nitrogens is 2. The average molecular weight is 482 g/mol. The maximum Gasteiger partial charge on any atom is 0.330 e. The molecule has 10 nitrogen and oxygen atoms in total. The van der Waals surface area contributed by atoms with Crippen LogP contribution in [0.3, 0.4) is 0 Å². The molecule has 0 aliphatic carbocycles. The van der Waals surface area contributed by atoms with E-state index in [1.807, 2.05) is 37.3 Å². The summed E-state index contributed by atoms with van der Waals surface area (Å²) in [6, 6.07) is 14.4. The van der Waals surface area contributed by atoms with Gasteiger partial charge in [-0.3, -0.25) is 19.1 Å². The number of methoxy groups -OCH3 is 2. The molecule has 0 aliphatic heterocycles. The van der Waals surface area contributed by atoms with E-state index in [0.29, 0.717) is 30.2 Å². The van der Waals surface area contributed by atoms with Gasteiger partial charge in [0.25, 0.3) is 5.56 Å². The molecule has 3 rings (SSSR count). The van der Waals surface area contributed by atoms with Crippen LogP contribution in [0.15, 0.2) is 58.1 Å². The molecule has 0 radical (unpaired) electrons. The van der Waals surface area contributed by atoms with E-state index >= 15 is 0 Å². The molecule has 2 aromatic carbocycles. The third kappa shape index (κ3) is 6.23. The normalized spacial score (nSPS) is 10.6. The van der Waals surface area contributed by atoms with E-state index in [2.05, 4.69) is 10.3 Å². The molecule has 186 valence electrons. The molecule has 35 heavy (non-hydrogen) atoms. The van der Waals surface area contributed by atoms with Gasteiger partial charge in [0.05, 0.1) is 26.5 Å². The van der Waals surface area contributed by atoms with Crippen LogP contribution in [0.2, 0.25) is 0 Å². The summed E-state index contributed by atoms with van der Waals surface area (Å²) in [5.74, 6) is 0.623. The number of nitrogens with zero attached hydrogens (tertiary/aromatic N) is 2. The zero-order valence-corrected chi connectivity index (χ0v) is 20.2. The molecule has 0 atom stereocenters. The Labute approximate surface area is 203 Å². The van der Waals surface area contributed by atoms with Crippen LogP contribution in [0, 0.1) is 0 Å². The SMILES string of the molecule is CCCCn1c(N)c(N(CC(=O)Nc2cc(OC)ccc2OC)Cc2ccccc2)c(=O)[nH]c1=O. The molecule has 0 aliphatic rings. The topological polar surface area (TPSA) is 132 Å². The quantitative estimate of drug-likeness (QED) is 0.383. The summed E-state index contributed by atoms with van der Waals surface area (Å²) >= 11 is 0. The zero-order chi connectivity index (χ0) is 25.4. The Hall–Kier alpha value is -4.21. The maximum absolute atomic E-state index is 13.1. The molecule has 0 saturated heterocycles. The van der Waals surface area contributed by atoms with Crippen LogP contribution in [-0.4, -0.2) is 36.2 Å². The molecule has 1 amide bonds. The Bertz CT molecular complexity index is 1270. The largest absolute Gasteiger partial charge is 0.497 e. The van der Waals surface area contributed by atoms with Crippen molar-refractivity contribution < 1.29 is 14.3 Å². The van der Waals surface area contributed by atoms with Crippen LogP contribution in [0.5, 0.6) is 11.5 Å². The first-order chi connectivity index (χ1) is 16.9. The minimum atomic E-state index is -0.650. The van der Waals surface area contributed by atoms with Crippen LogP contribution in [0.25, 0.3) is 0 Å². The third-order valence-corrected chi connectivity index (χ3v) is 5.50. The highest BCUT2D eigenvalue weighted by Gasteiger charge is 2.22. The van der Waals surface area contributed by atoms with Gasteiger partial charge in [-0.2, -0.15) is 0 Å². The van der Waals surface area contributed by atoms with Crippen molar-refractivity contribution in [2.45, 2.75) is 32.9 Å². The maximum atomic E-state index is 13.1. The number of nitrogens with two attached hydrogens (primary N) is 1. The molecule has 0 spiro atoms. The van der Waals surface area contributed by atoms with E-state index in [1.54, 1.807) is 23.1 Å². The second-order valence-corrected chi connectivity index (χ2v) is 7.95. The number of carbonyl (C=O) groups is 1. The number of benzene rings is 2. The van der Waals surface area contributed by atoms with Crippen molar-refractivity contribution in [3.63, 3.8) is 0 Å². The monoisotopic (exact) mass is 481 g/mol. The van der Waals surface area contributed by atoms with Crippen molar-refractivity contribution in [1.29, 1.82) is 0 Å². The lowest BCUT2D eigenvalue weighted by Gasteiger charge is -2.26. The Morgan fingerprint density at radius 3 is 2.51 bits per heavy atom. The first kappa shape index (κ1) is 25.4. The molecular weight excluding hydrogens is 450 g/mol. The highest BCUT2D eigenvalue weighted by Crippen LogP contribution is 2.29. The van der Waals surface area contributed by atoms with Crippen LogP contribution in [0.1, 0.15) is 25.3 Å². The minimum Gasteiger partial charge on any atom is -0.497 e. The van der Waals surface area contributed by atoms with E-state index in [-0.39, 0.29) is 24.6 Å². The fourth-order valence-corrected chi connectivity index (χ4v) is 3.71. The lowest BCUT2D eigenvalue weighted by molar-refractivity contribution is -0.115. The molecule has 0 bridgehead atoms. The molecular formula is C25H31N5O5. The Balaban J connectivity index is 1.98. The van der Waals surface area contributed by atoms with Gasteiger partial charge < -0.3 is 25.4 Å². The molecule has 0 fully saturated rings. The Morgan fingerprint density at radius 1 is 1.11 bits per heavy atom. The Morgan fingerprint density at radius 2 is 1.86 bits per heavy atom. The van der Waals surface area contributed by atoms with Crippen molar-refractivity contribution in [3.05, 3.63) is 74.9 Å². The third-order valence-electron chi connectivity index (χ3n) is 5.50. The lowest BCUT2D eigenvalue weighted by atomic mass is 10.2. The molecule has 10 heteroatoms. The number of unbranched alkanes of at least 4 members (excludes halogenated alkanes) is 1. The lowest BCUT2D eigenvalue weighted by Crippen LogP contribution is -2.41. The highest BCUT2D eigenvalue weighted by atomic mass is 16.5. The van der Waals surface area contributed by atoms with E-state index in [4.69, 9.17) is 15.2 Å². The molecule has 4 N–H and O–H groups in total. The number of hydrogen-bond donors (Lipinski definition) is 3. The van der Waals surface area contributed by atoms with Crippen LogP contribution < -0.4 is 36.7 Å². The van der Waals surface area contributed by atoms with Gasteiger partial charge in [0, 0.05) is 19.2 Å². The summed E-state index contributed by atoms with van der Waals surface area (Å²) in [6.07, 6.45) is 1.56. The number of ether oxygens (including phenoxy) is 2. The summed E-state index contributed by atoms with van der Waals surface area (Å²) in [7, 11) is 3.02. The number of nitrogens with one attached hydrogen (secondary N) is 2. The van der Waals surface area contributed by atoms with Crippen LogP contribution in [-0.2, 0) is 17.9 Å². The second kappa shape index (κ2) is 11.8. The highest BCUT2D eigenvalue weighted by molar-refractivity contribution is 5.96. The number of amides is 1. The number of hydrogen-bond acceptors (Lipinski definition) is 7. The summed E-state index contributed by atoms with van der Waals surface area (Å²) < 4.78 is 11.9.